The van der Waals surface area contributed by atoms with Crippen LogP contribution >= 0.6 is 0 Å². The highest BCUT2D eigenvalue weighted by molar-refractivity contribution is 5.91. The maximum absolute atomic E-state index is 12.0. The molecule has 7 heteroatoms. The number of nitrogen functional groups attached to an aromatic ring is 1. The summed E-state index contributed by atoms with van der Waals surface area (Å²) < 4.78 is 4.94. The second-order valence-electron chi connectivity index (χ2n) is 6.17. The minimum atomic E-state index is -0.0624. The quantitative estimate of drug-likeness (QED) is 0.805. The highest BCUT2D eigenvalue weighted by Gasteiger charge is 2.19. The van der Waals surface area contributed by atoms with Gasteiger partial charge in [0.1, 0.15) is 5.76 Å². The zero-order chi connectivity index (χ0) is 16.9. The Hall–Kier alpha value is -2.38. The minimum Gasteiger partial charge on any atom is -0.399 e. The Morgan fingerprint density at radius 3 is 2.67 bits per heavy atom. The number of amides is 1. The van der Waals surface area contributed by atoms with E-state index in [0.29, 0.717) is 18.1 Å². The van der Waals surface area contributed by atoms with Crippen molar-refractivity contribution in [3.05, 3.63) is 41.7 Å². The van der Waals surface area contributed by atoms with Crippen LogP contribution in [0.2, 0.25) is 0 Å². The monoisotopic (exact) mass is 329 g/mol. The van der Waals surface area contributed by atoms with E-state index in [2.05, 4.69) is 26.3 Å². The molecule has 1 fully saturated rings. The number of carbonyl (C=O) groups excluding carboxylic acids is 1. The van der Waals surface area contributed by atoms with E-state index in [4.69, 9.17) is 10.3 Å². The van der Waals surface area contributed by atoms with Crippen LogP contribution in [-0.4, -0.2) is 53.6 Å². The van der Waals surface area contributed by atoms with Gasteiger partial charge < -0.3 is 15.6 Å². The summed E-state index contributed by atoms with van der Waals surface area (Å²) in [5.41, 5.74) is 7.84. The number of nitrogens with one attached hydrogen (secondary N) is 1. The second-order valence-corrected chi connectivity index (χ2v) is 6.17. The fraction of sp³-hybridized carbons (Fsp3) is 0.412. The molecule has 0 unspecified atom stereocenters. The standard InChI is InChI=1S/C17H23N5O2/c1-13-9-16(20-24-13)19-17(23)12-22-7-5-21(6-8-22)11-14-3-2-4-15(18)10-14/h2-4,9-10H,5-8,11-12,18H2,1H3,(H,19,20,23). The zero-order valence-corrected chi connectivity index (χ0v) is 13.9. The van der Waals surface area contributed by atoms with Gasteiger partial charge in [-0.25, -0.2) is 0 Å². The van der Waals surface area contributed by atoms with E-state index in [9.17, 15) is 4.79 Å². The van der Waals surface area contributed by atoms with Crippen LogP contribution in [-0.2, 0) is 11.3 Å². The van der Waals surface area contributed by atoms with E-state index in [1.165, 1.54) is 5.56 Å². The van der Waals surface area contributed by atoms with Gasteiger partial charge >= 0.3 is 0 Å². The molecule has 0 saturated carbocycles. The normalized spacial score (nSPS) is 16.2. The van der Waals surface area contributed by atoms with Gasteiger partial charge in [0, 0.05) is 44.5 Å². The predicted molar refractivity (Wildman–Crippen MR) is 92.4 cm³/mol. The van der Waals surface area contributed by atoms with Gasteiger partial charge in [0.2, 0.25) is 5.91 Å². The number of aromatic nitrogens is 1. The van der Waals surface area contributed by atoms with Crippen LogP contribution in [0.5, 0.6) is 0 Å². The Morgan fingerprint density at radius 2 is 2.00 bits per heavy atom. The lowest BCUT2D eigenvalue weighted by molar-refractivity contribution is -0.117. The van der Waals surface area contributed by atoms with Crippen molar-refractivity contribution >= 4 is 17.4 Å². The number of nitrogens with zero attached hydrogens (tertiary/aromatic N) is 3. The van der Waals surface area contributed by atoms with Gasteiger partial charge in [-0.3, -0.25) is 14.6 Å². The van der Waals surface area contributed by atoms with Crippen molar-refractivity contribution in [2.75, 3.05) is 43.8 Å². The molecule has 1 aliphatic rings. The smallest absolute Gasteiger partial charge is 0.239 e. The van der Waals surface area contributed by atoms with Crippen molar-refractivity contribution in [1.82, 2.24) is 15.0 Å². The van der Waals surface area contributed by atoms with Crippen molar-refractivity contribution in [1.29, 1.82) is 0 Å². The highest BCUT2D eigenvalue weighted by Crippen LogP contribution is 2.12. The number of hydrogen-bond acceptors (Lipinski definition) is 6. The van der Waals surface area contributed by atoms with Crippen molar-refractivity contribution < 1.29 is 9.32 Å². The van der Waals surface area contributed by atoms with Crippen LogP contribution in [0.25, 0.3) is 0 Å². The van der Waals surface area contributed by atoms with Gasteiger partial charge in [-0.05, 0) is 24.6 Å². The Labute approximate surface area is 141 Å². The summed E-state index contributed by atoms with van der Waals surface area (Å²) in [5, 5.41) is 6.53. The van der Waals surface area contributed by atoms with Gasteiger partial charge in [-0.15, -0.1) is 0 Å². The molecule has 0 radical (unpaired) electrons. The summed E-state index contributed by atoms with van der Waals surface area (Å²) in [6, 6.07) is 9.70. The first-order valence-corrected chi connectivity index (χ1v) is 8.11. The number of nitrogens with two attached hydrogens (primary N) is 1. The zero-order valence-electron chi connectivity index (χ0n) is 13.9. The maximum Gasteiger partial charge on any atom is 0.239 e. The molecule has 24 heavy (non-hydrogen) atoms. The molecule has 0 atom stereocenters. The van der Waals surface area contributed by atoms with E-state index >= 15 is 0 Å². The Bertz CT molecular complexity index is 692. The first kappa shape index (κ1) is 16.5. The van der Waals surface area contributed by atoms with E-state index < -0.39 is 0 Å². The van der Waals surface area contributed by atoms with Crippen molar-refractivity contribution in [3.63, 3.8) is 0 Å². The summed E-state index contributed by atoms with van der Waals surface area (Å²) in [6.07, 6.45) is 0. The summed E-state index contributed by atoms with van der Waals surface area (Å²) in [4.78, 5) is 16.6. The molecule has 1 aliphatic heterocycles. The number of benzene rings is 1. The Balaban J connectivity index is 1.42. The fourth-order valence-electron chi connectivity index (χ4n) is 2.87. The van der Waals surface area contributed by atoms with Crippen LogP contribution < -0.4 is 11.1 Å². The number of hydrogen-bond donors (Lipinski definition) is 2. The molecule has 0 aliphatic carbocycles. The number of piperazine rings is 1. The lowest BCUT2D eigenvalue weighted by Crippen LogP contribution is -2.48. The summed E-state index contributed by atoms with van der Waals surface area (Å²) in [7, 11) is 0. The summed E-state index contributed by atoms with van der Waals surface area (Å²) in [6.45, 7) is 6.67. The molecule has 1 aromatic carbocycles. The third kappa shape index (κ3) is 4.56. The minimum absolute atomic E-state index is 0.0624. The van der Waals surface area contributed by atoms with Gasteiger partial charge in [0.15, 0.2) is 5.82 Å². The molecule has 1 amide bonds. The number of carbonyl (C=O) groups is 1. The molecule has 3 N–H and O–H groups in total. The molecule has 0 bridgehead atoms. The van der Waals surface area contributed by atoms with Crippen molar-refractivity contribution in [3.8, 4) is 0 Å². The van der Waals surface area contributed by atoms with Gasteiger partial charge in [0.05, 0.1) is 6.54 Å². The molecule has 128 valence electrons. The van der Waals surface area contributed by atoms with Crippen LogP contribution in [0.3, 0.4) is 0 Å². The average molecular weight is 329 g/mol. The second kappa shape index (κ2) is 7.46. The maximum atomic E-state index is 12.0. The largest absolute Gasteiger partial charge is 0.399 e. The predicted octanol–water partition coefficient (Wildman–Crippen LogP) is 1.32. The molecule has 1 saturated heterocycles. The molecule has 2 aromatic rings. The first-order valence-electron chi connectivity index (χ1n) is 8.11. The lowest BCUT2D eigenvalue weighted by atomic mass is 10.2. The number of rotatable bonds is 5. The average Bonchev–Trinajstić information content (AvgIpc) is 2.94. The van der Waals surface area contributed by atoms with Gasteiger partial charge in [-0.2, -0.15) is 0 Å². The molecule has 2 heterocycles. The molecular formula is C17H23N5O2. The first-order chi connectivity index (χ1) is 11.6. The SMILES string of the molecule is Cc1cc(NC(=O)CN2CCN(Cc3cccc(N)c3)CC2)no1. The van der Waals surface area contributed by atoms with Crippen molar-refractivity contribution in [2.45, 2.75) is 13.5 Å². The highest BCUT2D eigenvalue weighted by atomic mass is 16.5. The van der Waals surface area contributed by atoms with Crippen molar-refractivity contribution in [2.24, 2.45) is 0 Å². The Kier molecular flexibility index (Phi) is 5.12. The topological polar surface area (TPSA) is 87.6 Å². The molecular weight excluding hydrogens is 306 g/mol. The van der Waals surface area contributed by atoms with Crippen LogP contribution in [0.15, 0.2) is 34.9 Å². The fourth-order valence-corrected chi connectivity index (χ4v) is 2.87. The van der Waals surface area contributed by atoms with Crippen LogP contribution in [0, 0.1) is 6.92 Å². The van der Waals surface area contributed by atoms with Crippen LogP contribution in [0.1, 0.15) is 11.3 Å². The summed E-state index contributed by atoms with van der Waals surface area (Å²) in [5.74, 6) is 1.09. The third-order valence-corrected chi connectivity index (χ3v) is 4.08. The Morgan fingerprint density at radius 1 is 1.25 bits per heavy atom. The van der Waals surface area contributed by atoms with Crippen LogP contribution in [0.4, 0.5) is 11.5 Å². The molecule has 0 spiro atoms. The molecule has 3 rings (SSSR count). The number of anilines is 2. The third-order valence-electron chi connectivity index (χ3n) is 4.08. The summed E-state index contributed by atoms with van der Waals surface area (Å²) >= 11 is 0. The lowest BCUT2D eigenvalue weighted by Gasteiger charge is -2.34. The van der Waals surface area contributed by atoms with E-state index in [0.717, 1.165) is 38.4 Å². The number of aryl methyl sites for hydroxylation is 1. The molecule has 7 nitrogen and oxygen atoms in total. The van der Waals surface area contributed by atoms with E-state index in [1.807, 2.05) is 18.2 Å². The van der Waals surface area contributed by atoms with Gasteiger partial charge in [-0.1, -0.05) is 17.3 Å². The molecule has 1 aromatic heterocycles. The van der Waals surface area contributed by atoms with E-state index in [-0.39, 0.29) is 5.91 Å². The van der Waals surface area contributed by atoms with Gasteiger partial charge in [0.25, 0.3) is 0 Å². The van der Waals surface area contributed by atoms with E-state index in [1.54, 1.807) is 13.0 Å².